The van der Waals surface area contributed by atoms with E-state index in [4.69, 9.17) is 5.41 Å². The number of nitrogens with one attached hydrogen (secondary N) is 1. The van der Waals surface area contributed by atoms with Crippen LogP contribution in [0.2, 0.25) is 0 Å². The van der Waals surface area contributed by atoms with Gasteiger partial charge in [0.1, 0.15) is 0 Å². The average molecular weight is 258 g/mol. The Kier molecular flexibility index (Phi) is 3.22. The number of allylic oxidation sites excluding steroid dienone is 5. The number of aliphatic imine (C=N–C) groups is 1. The Hall–Kier alpha value is -0.710. The van der Waals surface area contributed by atoms with Crippen molar-refractivity contribution in [2.45, 2.75) is 0 Å². The minimum Gasteiger partial charge on any atom is -0.300 e. The summed E-state index contributed by atoms with van der Waals surface area (Å²) in [6.45, 7) is 0. The maximum absolute atomic E-state index is 7.44. The molecule has 0 bridgehead atoms. The number of hydrogen-bond acceptors (Lipinski definition) is 2. The van der Waals surface area contributed by atoms with Crippen molar-refractivity contribution >= 4 is 32.5 Å². The van der Waals surface area contributed by atoms with Crippen LogP contribution in [0.15, 0.2) is 41.1 Å². The van der Waals surface area contributed by atoms with E-state index in [-0.39, 0.29) is 0 Å². The molecule has 0 saturated carbocycles. The lowest BCUT2D eigenvalue weighted by Gasteiger charge is -2.00. The lowest BCUT2D eigenvalue weighted by molar-refractivity contribution is 1.46. The van der Waals surface area contributed by atoms with Crippen molar-refractivity contribution in [2.75, 3.05) is 0 Å². The lowest BCUT2D eigenvalue weighted by atomic mass is 10.1. The summed E-state index contributed by atoms with van der Waals surface area (Å²) >= 11 is 2.04. The van der Waals surface area contributed by atoms with Crippen molar-refractivity contribution in [3.8, 4) is 0 Å². The molecule has 11 heavy (non-hydrogen) atoms. The molecule has 0 heterocycles. The van der Waals surface area contributed by atoms with Gasteiger partial charge in [-0.1, -0.05) is 18.2 Å². The van der Waals surface area contributed by atoms with Crippen LogP contribution in [0.25, 0.3) is 0 Å². The van der Waals surface area contributed by atoms with Gasteiger partial charge in [-0.3, -0.25) is 4.99 Å². The highest BCUT2D eigenvalue weighted by Gasteiger charge is 1.98. The van der Waals surface area contributed by atoms with Crippen LogP contribution in [0.3, 0.4) is 0 Å². The molecule has 56 valence electrons. The molecular formula is C8H7IN2. The van der Waals surface area contributed by atoms with Crippen LogP contribution in [0.4, 0.5) is 0 Å². The van der Waals surface area contributed by atoms with E-state index in [1.54, 1.807) is 16.5 Å². The van der Waals surface area contributed by atoms with E-state index in [1.165, 1.54) is 0 Å². The Morgan fingerprint density at radius 1 is 1.36 bits per heavy atom. The second kappa shape index (κ2) is 4.23. The first-order chi connectivity index (χ1) is 5.34. The molecule has 0 radical (unpaired) electrons. The van der Waals surface area contributed by atoms with Crippen LogP contribution in [-0.2, 0) is 0 Å². The van der Waals surface area contributed by atoms with Crippen LogP contribution in [-0.4, -0.2) is 9.93 Å². The molecule has 1 aliphatic carbocycles. The molecule has 1 aliphatic rings. The van der Waals surface area contributed by atoms with E-state index in [0.717, 1.165) is 5.57 Å². The SMILES string of the molecule is N=C1C=CC=C/C1=C/N=C\I. The summed E-state index contributed by atoms with van der Waals surface area (Å²) < 4.78 is 1.67. The first-order valence-electron chi connectivity index (χ1n) is 3.10. The van der Waals surface area contributed by atoms with Gasteiger partial charge in [-0.05, 0) is 28.7 Å². The maximum atomic E-state index is 7.44. The van der Waals surface area contributed by atoms with Gasteiger partial charge in [0.2, 0.25) is 0 Å². The van der Waals surface area contributed by atoms with Gasteiger partial charge in [-0.2, -0.15) is 0 Å². The van der Waals surface area contributed by atoms with E-state index < -0.39 is 0 Å². The van der Waals surface area contributed by atoms with E-state index in [2.05, 4.69) is 4.99 Å². The van der Waals surface area contributed by atoms with Crippen molar-refractivity contribution in [3.05, 3.63) is 36.1 Å². The van der Waals surface area contributed by atoms with E-state index in [9.17, 15) is 0 Å². The number of rotatable bonds is 1. The highest BCUT2D eigenvalue weighted by Crippen LogP contribution is 2.06. The molecule has 0 aromatic heterocycles. The first-order valence-corrected chi connectivity index (χ1v) is 4.35. The van der Waals surface area contributed by atoms with Crippen LogP contribution < -0.4 is 0 Å². The van der Waals surface area contributed by atoms with Gasteiger partial charge in [0.25, 0.3) is 0 Å². The van der Waals surface area contributed by atoms with Crippen LogP contribution >= 0.6 is 22.6 Å². The number of hydrogen-bond donors (Lipinski definition) is 1. The highest BCUT2D eigenvalue weighted by molar-refractivity contribution is 14.1. The lowest BCUT2D eigenvalue weighted by Crippen LogP contribution is -1.96. The molecule has 0 unspecified atom stereocenters. The van der Waals surface area contributed by atoms with Gasteiger partial charge >= 0.3 is 0 Å². The van der Waals surface area contributed by atoms with Crippen molar-refractivity contribution in [1.29, 1.82) is 5.41 Å². The summed E-state index contributed by atoms with van der Waals surface area (Å²) in [5, 5.41) is 7.44. The number of nitrogens with zero attached hydrogens (tertiary/aromatic N) is 1. The average Bonchev–Trinajstić information content (AvgIpc) is 2.03. The molecule has 3 heteroatoms. The molecule has 2 nitrogen and oxygen atoms in total. The van der Waals surface area contributed by atoms with E-state index >= 15 is 0 Å². The molecule has 0 atom stereocenters. The molecule has 0 spiro atoms. The van der Waals surface area contributed by atoms with Gasteiger partial charge in [-0.15, -0.1) is 0 Å². The predicted octanol–water partition coefficient (Wildman–Crippen LogP) is 2.48. The smallest absolute Gasteiger partial charge is 0.0651 e. The van der Waals surface area contributed by atoms with Gasteiger partial charge in [0, 0.05) is 11.8 Å². The molecule has 1 rings (SSSR count). The zero-order valence-corrected chi connectivity index (χ0v) is 7.95. The standard InChI is InChI=1S/C8H7IN2/c9-6-11-5-7-3-1-2-4-8(7)10/h1-6,10H/b7-5-,10-8?,11-6-. The fourth-order valence-corrected chi connectivity index (χ4v) is 0.879. The van der Waals surface area contributed by atoms with Crippen molar-refractivity contribution < 1.29 is 0 Å². The summed E-state index contributed by atoms with van der Waals surface area (Å²) in [7, 11) is 0. The van der Waals surface area contributed by atoms with E-state index in [0.29, 0.717) is 5.71 Å². The Morgan fingerprint density at radius 3 is 2.73 bits per heavy atom. The fourth-order valence-electron chi connectivity index (χ4n) is 0.718. The van der Waals surface area contributed by atoms with Crippen LogP contribution in [0.5, 0.6) is 0 Å². The molecule has 1 N–H and O–H groups in total. The third-order valence-electron chi connectivity index (χ3n) is 1.23. The zero-order valence-electron chi connectivity index (χ0n) is 5.79. The molecule has 0 aromatic rings. The highest BCUT2D eigenvalue weighted by atomic mass is 127. The van der Waals surface area contributed by atoms with Crippen molar-refractivity contribution in [1.82, 2.24) is 0 Å². The summed E-state index contributed by atoms with van der Waals surface area (Å²) in [6, 6.07) is 0. The Bertz CT molecular complexity index is 272. The van der Waals surface area contributed by atoms with Gasteiger partial charge in [0.05, 0.1) is 9.93 Å². The first kappa shape index (κ1) is 8.39. The Balaban J connectivity index is 2.81. The largest absolute Gasteiger partial charge is 0.300 e. The Labute approximate surface area is 79.1 Å². The molecule has 0 aliphatic heterocycles. The molecule has 0 aromatic carbocycles. The summed E-state index contributed by atoms with van der Waals surface area (Å²) in [5.41, 5.74) is 1.36. The molecule has 0 amide bonds. The van der Waals surface area contributed by atoms with Gasteiger partial charge in [0.15, 0.2) is 0 Å². The van der Waals surface area contributed by atoms with Crippen LogP contribution in [0, 0.1) is 5.41 Å². The normalized spacial score (nSPS) is 20.5. The number of halogens is 1. The third kappa shape index (κ3) is 2.42. The monoisotopic (exact) mass is 258 g/mol. The van der Waals surface area contributed by atoms with Crippen molar-refractivity contribution in [3.63, 3.8) is 0 Å². The second-order valence-corrected chi connectivity index (χ2v) is 2.52. The van der Waals surface area contributed by atoms with Crippen LogP contribution in [0.1, 0.15) is 0 Å². The summed E-state index contributed by atoms with van der Waals surface area (Å²) in [6.07, 6.45) is 9.02. The quantitative estimate of drug-likeness (QED) is 0.554. The van der Waals surface area contributed by atoms with Gasteiger partial charge in [-0.25, -0.2) is 0 Å². The van der Waals surface area contributed by atoms with Gasteiger partial charge < -0.3 is 5.41 Å². The minimum atomic E-state index is 0.509. The topological polar surface area (TPSA) is 36.2 Å². The fraction of sp³-hybridized carbons (Fsp3) is 0. The second-order valence-electron chi connectivity index (χ2n) is 1.96. The maximum Gasteiger partial charge on any atom is 0.0651 e. The molecule has 0 saturated heterocycles. The molecular weight excluding hydrogens is 251 g/mol. The summed E-state index contributed by atoms with van der Waals surface area (Å²) in [5.74, 6) is 0. The molecule has 0 fully saturated rings. The summed E-state index contributed by atoms with van der Waals surface area (Å²) in [4.78, 5) is 3.92. The van der Waals surface area contributed by atoms with Crippen molar-refractivity contribution in [2.24, 2.45) is 4.99 Å². The Morgan fingerprint density at radius 2 is 2.09 bits per heavy atom. The predicted molar refractivity (Wildman–Crippen MR) is 56.6 cm³/mol. The van der Waals surface area contributed by atoms with E-state index in [1.807, 2.05) is 40.8 Å². The zero-order chi connectivity index (χ0) is 8.10. The third-order valence-corrected chi connectivity index (χ3v) is 1.55. The minimum absolute atomic E-state index is 0.509.